The van der Waals surface area contributed by atoms with Crippen LogP contribution in [0.5, 0.6) is 0 Å². The molecule has 1 atom stereocenters. The van der Waals surface area contributed by atoms with Crippen molar-refractivity contribution >= 4 is 21.6 Å². The molecule has 0 aliphatic heterocycles. The first-order chi connectivity index (χ1) is 11.4. The van der Waals surface area contributed by atoms with Crippen molar-refractivity contribution < 1.29 is 17.9 Å². The summed E-state index contributed by atoms with van der Waals surface area (Å²) in [6.45, 7) is 2.04. The molecule has 1 aliphatic rings. The molecule has 1 aromatic rings. The number of methoxy groups -OCH3 is 1. The van der Waals surface area contributed by atoms with Gasteiger partial charge < -0.3 is 10.1 Å². The number of hydrogen-bond acceptors (Lipinski definition) is 4. The fourth-order valence-corrected chi connectivity index (χ4v) is 4.17. The fourth-order valence-electron chi connectivity index (χ4n) is 2.94. The molecule has 0 bridgehead atoms. The van der Waals surface area contributed by atoms with Crippen LogP contribution in [0.4, 0.5) is 5.69 Å². The van der Waals surface area contributed by atoms with Gasteiger partial charge in [-0.05, 0) is 44.0 Å². The lowest BCUT2D eigenvalue weighted by atomic mass is 9.88. The normalized spacial score (nSPS) is 17.4. The Balaban J connectivity index is 1.98. The van der Waals surface area contributed by atoms with Crippen LogP contribution >= 0.6 is 0 Å². The minimum absolute atomic E-state index is 0.0251. The number of nitrogens with one attached hydrogen (secondary N) is 2. The third-order valence-corrected chi connectivity index (χ3v) is 5.79. The second-order valence-corrected chi connectivity index (χ2v) is 8.04. The summed E-state index contributed by atoms with van der Waals surface area (Å²) in [6.07, 6.45) is 5.26. The molecule has 2 N–H and O–H groups in total. The highest BCUT2D eigenvalue weighted by Crippen LogP contribution is 2.25. The van der Waals surface area contributed by atoms with Gasteiger partial charge in [0.25, 0.3) is 0 Å². The van der Waals surface area contributed by atoms with Gasteiger partial charge in [0.1, 0.15) is 0 Å². The molecule has 1 amide bonds. The van der Waals surface area contributed by atoms with Crippen LogP contribution in [0.15, 0.2) is 29.2 Å². The Labute approximate surface area is 144 Å². The standard InChI is InChI=1S/C17H26N2O4S/c1-13(12-23-2)19-24(21,22)16-10-8-15(9-11-16)18-17(20)14-6-4-3-5-7-14/h8-11,13-14,19H,3-7,12H2,1-2H3,(H,18,20). The molecule has 1 fully saturated rings. The summed E-state index contributed by atoms with van der Waals surface area (Å²) in [5.41, 5.74) is 0.620. The number of benzene rings is 1. The second kappa shape index (κ2) is 8.60. The Morgan fingerprint density at radius 1 is 1.21 bits per heavy atom. The van der Waals surface area contributed by atoms with E-state index < -0.39 is 10.0 Å². The van der Waals surface area contributed by atoms with Gasteiger partial charge in [0.15, 0.2) is 0 Å². The van der Waals surface area contributed by atoms with Crippen molar-refractivity contribution in [2.24, 2.45) is 5.92 Å². The number of ether oxygens (including phenoxy) is 1. The van der Waals surface area contributed by atoms with Crippen molar-refractivity contribution in [1.29, 1.82) is 0 Å². The Kier molecular flexibility index (Phi) is 6.77. The molecule has 0 saturated heterocycles. The van der Waals surface area contributed by atoms with Gasteiger partial charge in [0.2, 0.25) is 15.9 Å². The average molecular weight is 354 g/mol. The number of rotatable bonds is 7. The van der Waals surface area contributed by atoms with Crippen molar-refractivity contribution in [3.63, 3.8) is 0 Å². The maximum absolute atomic E-state index is 12.2. The van der Waals surface area contributed by atoms with Crippen LogP contribution in [0.3, 0.4) is 0 Å². The lowest BCUT2D eigenvalue weighted by molar-refractivity contribution is -0.120. The first kappa shape index (κ1) is 18.9. The third kappa shape index (κ3) is 5.29. The van der Waals surface area contributed by atoms with E-state index in [2.05, 4.69) is 10.0 Å². The number of carbonyl (C=O) groups is 1. The summed E-state index contributed by atoms with van der Waals surface area (Å²) in [4.78, 5) is 12.4. The van der Waals surface area contributed by atoms with Crippen LogP contribution in [-0.2, 0) is 19.6 Å². The van der Waals surface area contributed by atoms with E-state index in [1.54, 1.807) is 19.1 Å². The summed E-state index contributed by atoms with van der Waals surface area (Å²) < 4.78 is 32.0. The zero-order valence-electron chi connectivity index (χ0n) is 14.2. The number of sulfonamides is 1. The summed E-state index contributed by atoms with van der Waals surface area (Å²) >= 11 is 0. The first-order valence-corrected chi connectivity index (χ1v) is 9.83. The van der Waals surface area contributed by atoms with E-state index in [1.165, 1.54) is 25.7 Å². The van der Waals surface area contributed by atoms with E-state index in [9.17, 15) is 13.2 Å². The van der Waals surface area contributed by atoms with Crippen molar-refractivity contribution in [1.82, 2.24) is 4.72 Å². The molecule has 0 heterocycles. The molecule has 0 radical (unpaired) electrons. The van der Waals surface area contributed by atoms with E-state index in [4.69, 9.17) is 4.74 Å². The van der Waals surface area contributed by atoms with Crippen LogP contribution in [0, 0.1) is 5.92 Å². The largest absolute Gasteiger partial charge is 0.383 e. The quantitative estimate of drug-likeness (QED) is 0.788. The van der Waals surface area contributed by atoms with Gasteiger partial charge in [-0.2, -0.15) is 0 Å². The lowest BCUT2D eigenvalue weighted by Crippen LogP contribution is -2.35. The summed E-state index contributed by atoms with van der Waals surface area (Å²) in [7, 11) is -2.07. The summed E-state index contributed by atoms with van der Waals surface area (Å²) in [5.74, 6) is 0.0934. The van der Waals surface area contributed by atoms with E-state index in [-0.39, 0.29) is 22.8 Å². The van der Waals surface area contributed by atoms with Gasteiger partial charge in [-0.25, -0.2) is 13.1 Å². The minimum atomic E-state index is -3.59. The van der Waals surface area contributed by atoms with Gasteiger partial charge in [0.05, 0.1) is 11.5 Å². The molecular weight excluding hydrogens is 328 g/mol. The number of anilines is 1. The Hall–Kier alpha value is -1.44. The highest BCUT2D eigenvalue weighted by atomic mass is 32.2. The third-order valence-electron chi connectivity index (χ3n) is 4.18. The predicted molar refractivity (Wildman–Crippen MR) is 93.3 cm³/mol. The molecule has 1 saturated carbocycles. The van der Waals surface area contributed by atoms with Crippen LogP contribution in [0.2, 0.25) is 0 Å². The highest BCUT2D eigenvalue weighted by Gasteiger charge is 2.21. The minimum Gasteiger partial charge on any atom is -0.383 e. The van der Waals surface area contributed by atoms with Crippen molar-refractivity contribution in [3.8, 4) is 0 Å². The Bertz CT molecular complexity index is 637. The SMILES string of the molecule is COCC(C)NS(=O)(=O)c1ccc(NC(=O)C2CCCCC2)cc1. The van der Waals surface area contributed by atoms with Crippen molar-refractivity contribution in [2.45, 2.75) is 50.0 Å². The zero-order valence-corrected chi connectivity index (χ0v) is 15.1. The molecule has 2 rings (SSSR count). The van der Waals surface area contributed by atoms with E-state index in [0.29, 0.717) is 12.3 Å². The molecule has 0 aromatic heterocycles. The molecule has 1 aliphatic carbocycles. The smallest absolute Gasteiger partial charge is 0.240 e. The molecule has 0 spiro atoms. The van der Waals surface area contributed by atoms with Gasteiger partial charge in [-0.3, -0.25) is 4.79 Å². The molecule has 6 nitrogen and oxygen atoms in total. The highest BCUT2D eigenvalue weighted by molar-refractivity contribution is 7.89. The first-order valence-electron chi connectivity index (χ1n) is 8.34. The van der Waals surface area contributed by atoms with Gasteiger partial charge in [-0.1, -0.05) is 19.3 Å². The molecule has 1 aromatic carbocycles. The average Bonchev–Trinajstić information content (AvgIpc) is 2.56. The van der Waals surface area contributed by atoms with Gasteiger partial charge in [0, 0.05) is 24.8 Å². The molecular formula is C17H26N2O4S. The molecule has 1 unspecified atom stereocenters. The summed E-state index contributed by atoms with van der Waals surface area (Å²) in [5, 5.41) is 2.88. The molecule has 7 heteroatoms. The number of amides is 1. The zero-order chi connectivity index (χ0) is 17.6. The van der Waals surface area contributed by atoms with Crippen LogP contribution in [0.25, 0.3) is 0 Å². The number of carbonyl (C=O) groups excluding carboxylic acids is 1. The topological polar surface area (TPSA) is 84.5 Å². The fraction of sp³-hybridized carbons (Fsp3) is 0.588. The number of hydrogen-bond donors (Lipinski definition) is 2. The van der Waals surface area contributed by atoms with Crippen LogP contribution in [-0.4, -0.2) is 34.1 Å². The van der Waals surface area contributed by atoms with E-state index in [1.807, 2.05) is 0 Å². The lowest BCUT2D eigenvalue weighted by Gasteiger charge is -2.20. The van der Waals surface area contributed by atoms with Crippen LogP contribution in [0.1, 0.15) is 39.0 Å². The summed E-state index contributed by atoms with van der Waals surface area (Å²) in [6, 6.07) is 5.93. The van der Waals surface area contributed by atoms with E-state index >= 15 is 0 Å². The maximum atomic E-state index is 12.2. The Morgan fingerprint density at radius 3 is 2.42 bits per heavy atom. The predicted octanol–water partition coefficient (Wildman–Crippen LogP) is 2.52. The maximum Gasteiger partial charge on any atom is 0.240 e. The van der Waals surface area contributed by atoms with Crippen LogP contribution < -0.4 is 10.0 Å². The van der Waals surface area contributed by atoms with Crippen molar-refractivity contribution in [2.75, 3.05) is 19.0 Å². The Morgan fingerprint density at radius 2 is 1.83 bits per heavy atom. The molecule has 24 heavy (non-hydrogen) atoms. The van der Waals surface area contributed by atoms with Gasteiger partial charge >= 0.3 is 0 Å². The van der Waals surface area contributed by atoms with E-state index in [0.717, 1.165) is 25.7 Å². The van der Waals surface area contributed by atoms with Gasteiger partial charge in [-0.15, -0.1) is 0 Å². The second-order valence-electron chi connectivity index (χ2n) is 6.33. The molecule has 134 valence electrons. The monoisotopic (exact) mass is 354 g/mol. The van der Waals surface area contributed by atoms with Crippen molar-refractivity contribution in [3.05, 3.63) is 24.3 Å².